The van der Waals surface area contributed by atoms with Crippen molar-refractivity contribution >= 4 is 17.3 Å². The molecule has 1 saturated heterocycles. The topological polar surface area (TPSA) is 61.6 Å². The molecule has 0 atom stereocenters. The molecule has 0 aromatic heterocycles. The lowest BCUT2D eigenvalue weighted by molar-refractivity contribution is -0.119. The van der Waals surface area contributed by atoms with Crippen LogP contribution in [0.1, 0.15) is 18.1 Å². The van der Waals surface area contributed by atoms with Gasteiger partial charge in [0, 0.05) is 46.2 Å². The van der Waals surface area contributed by atoms with Crippen molar-refractivity contribution in [3.8, 4) is 0 Å². The van der Waals surface area contributed by atoms with Crippen LogP contribution in [-0.4, -0.2) is 37.0 Å². The molecule has 26 heavy (non-hydrogen) atoms. The number of nitrogens with zero attached hydrogens (tertiary/aromatic N) is 2. The smallest absolute Gasteiger partial charge is 0.217 e. The Morgan fingerprint density at radius 2 is 1.73 bits per heavy atom. The quantitative estimate of drug-likeness (QED) is 0.808. The second-order valence-electron chi connectivity index (χ2n) is 6.69. The Bertz CT molecular complexity index is 755. The fourth-order valence-corrected chi connectivity index (χ4v) is 3.21. The third-order valence-electron chi connectivity index (χ3n) is 4.67. The molecule has 138 valence electrons. The first-order valence-corrected chi connectivity index (χ1v) is 8.86. The molecule has 1 heterocycles. The minimum atomic E-state index is -0.299. The number of anilines is 2. The minimum Gasteiger partial charge on any atom is -0.397 e. The summed E-state index contributed by atoms with van der Waals surface area (Å²) >= 11 is 0. The van der Waals surface area contributed by atoms with Crippen molar-refractivity contribution in [2.45, 2.75) is 20.0 Å². The number of nitrogen functional groups attached to an aromatic ring is 1. The fraction of sp³-hybridized carbons (Fsp3) is 0.350. The van der Waals surface area contributed by atoms with Crippen LogP contribution in [0, 0.1) is 5.82 Å². The molecule has 3 rings (SSSR count). The van der Waals surface area contributed by atoms with Crippen molar-refractivity contribution in [1.82, 2.24) is 10.2 Å². The van der Waals surface area contributed by atoms with Crippen molar-refractivity contribution < 1.29 is 9.18 Å². The third kappa shape index (κ3) is 4.73. The number of hydrogen-bond acceptors (Lipinski definition) is 4. The van der Waals surface area contributed by atoms with Gasteiger partial charge in [0.05, 0.1) is 11.4 Å². The highest BCUT2D eigenvalue weighted by molar-refractivity contribution is 5.72. The Hall–Kier alpha value is -2.60. The Morgan fingerprint density at radius 3 is 2.35 bits per heavy atom. The van der Waals surface area contributed by atoms with Gasteiger partial charge in [0.25, 0.3) is 0 Å². The zero-order chi connectivity index (χ0) is 18.5. The summed E-state index contributed by atoms with van der Waals surface area (Å²) in [4.78, 5) is 15.6. The third-order valence-corrected chi connectivity index (χ3v) is 4.67. The molecule has 0 radical (unpaired) electrons. The summed E-state index contributed by atoms with van der Waals surface area (Å²) in [6.45, 7) is 6.59. The van der Waals surface area contributed by atoms with Gasteiger partial charge in [-0.1, -0.05) is 24.3 Å². The number of piperazine rings is 1. The van der Waals surface area contributed by atoms with Crippen molar-refractivity contribution in [2.24, 2.45) is 0 Å². The summed E-state index contributed by atoms with van der Waals surface area (Å²) < 4.78 is 13.2. The summed E-state index contributed by atoms with van der Waals surface area (Å²) in [6, 6.07) is 12.9. The van der Waals surface area contributed by atoms with Crippen LogP contribution in [0.15, 0.2) is 42.5 Å². The van der Waals surface area contributed by atoms with E-state index in [4.69, 9.17) is 5.73 Å². The maximum atomic E-state index is 13.2. The minimum absolute atomic E-state index is 0.0197. The number of benzene rings is 2. The van der Waals surface area contributed by atoms with E-state index in [2.05, 4.69) is 39.4 Å². The average Bonchev–Trinajstić information content (AvgIpc) is 2.62. The lowest BCUT2D eigenvalue weighted by Crippen LogP contribution is -2.46. The molecule has 0 saturated carbocycles. The number of nitrogens with one attached hydrogen (secondary N) is 1. The van der Waals surface area contributed by atoms with E-state index in [9.17, 15) is 9.18 Å². The van der Waals surface area contributed by atoms with E-state index in [-0.39, 0.29) is 11.7 Å². The van der Waals surface area contributed by atoms with Crippen molar-refractivity contribution in [3.63, 3.8) is 0 Å². The first kappa shape index (κ1) is 18.2. The molecule has 6 heteroatoms. The molecule has 1 fully saturated rings. The Morgan fingerprint density at radius 1 is 1.08 bits per heavy atom. The van der Waals surface area contributed by atoms with Crippen LogP contribution in [-0.2, 0) is 17.9 Å². The monoisotopic (exact) mass is 356 g/mol. The lowest BCUT2D eigenvalue weighted by atomic mass is 10.1. The zero-order valence-corrected chi connectivity index (χ0v) is 15.0. The fourth-order valence-electron chi connectivity index (χ4n) is 3.21. The molecule has 0 bridgehead atoms. The summed E-state index contributed by atoms with van der Waals surface area (Å²) in [6.07, 6.45) is 0. The van der Waals surface area contributed by atoms with Gasteiger partial charge >= 0.3 is 0 Å². The van der Waals surface area contributed by atoms with Gasteiger partial charge in [-0.2, -0.15) is 0 Å². The number of halogens is 1. The van der Waals surface area contributed by atoms with Crippen molar-refractivity contribution in [2.75, 3.05) is 36.8 Å². The predicted molar refractivity (Wildman–Crippen MR) is 102 cm³/mol. The number of nitrogens with two attached hydrogens (primary N) is 1. The van der Waals surface area contributed by atoms with Gasteiger partial charge in [-0.3, -0.25) is 9.69 Å². The molecule has 1 aliphatic rings. The molecular weight excluding hydrogens is 331 g/mol. The van der Waals surface area contributed by atoms with Gasteiger partial charge in [0.2, 0.25) is 5.91 Å². The van der Waals surface area contributed by atoms with E-state index in [0.29, 0.717) is 12.2 Å². The van der Waals surface area contributed by atoms with Crippen LogP contribution in [0.5, 0.6) is 0 Å². The maximum absolute atomic E-state index is 13.2. The van der Waals surface area contributed by atoms with Crippen LogP contribution in [0.25, 0.3) is 0 Å². The molecule has 2 aromatic carbocycles. The van der Waals surface area contributed by atoms with Gasteiger partial charge in [0.1, 0.15) is 5.82 Å². The van der Waals surface area contributed by atoms with E-state index in [1.54, 1.807) is 6.07 Å². The predicted octanol–water partition coefficient (Wildman–Crippen LogP) is 2.37. The highest BCUT2D eigenvalue weighted by atomic mass is 19.1. The molecule has 3 N–H and O–H groups in total. The molecule has 1 aliphatic heterocycles. The summed E-state index contributed by atoms with van der Waals surface area (Å²) in [7, 11) is 0. The number of amides is 1. The number of hydrogen-bond donors (Lipinski definition) is 2. The van der Waals surface area contributed by atoms with E-state index in [1.165, 1.54) is 24.6 Å². The summed E-state index contributed by atoms with van der Waals surface area (Å²) in [5.41, 5.74) is 9.70. The van der Waals surface area contributed by atoms with Crippen molar-refractivity contribution in [1.29, 1.82) is 0 Å². The van der Waals surface area contributed by atoms with Gasteiger partial charge in [-0.05, 0) is 29.3 Å². The van der Waals surface area contributed by atoms with Crippen LogP contribution in [0.4, 0.5) is 15.8 Å². The number of carbonyl (C=O) groups excluding carboxylic acids is 1. The highest BCUT2D eigenvalue weighted by Gasteiger charge is 2.19. The number of rotatable bonds is 5. The van der Waals surface area contributed by atoms with E-state index in [0.717, 1.165) is 44.0 Å². The first-order chi connectivity index (χ1) is 12.5. The summed E-state index contributed by atoms with van der Waals surface area (Å²) in [5, 5.41) is 2.80. The van der Waals surface area contributed by atoms with Crippen LogP contribution < -0.4 is 16.0 Å². The standard InChI is InChI=1S/C20H25FN4O/c1-15(26)23-13-16-2-4-17(5-3-16)14-24-8-10-25(11-9-24)20-7-6-18(21)12-19(20)22/h2-7,12H,8-11,13-14,22H2,1H3,(H,23,26). The molecule has 0 aliphatic carbocycles. The van der Waals surface area contributed by atoms with Gasteiger partial charge < -0.3 is 16.0 Å². The van der Waals surface area contributed by atoms with E-state index < -0.39 is 0 Å². The second-order valence-corrected chi connectivity index (χ2v) is 6.69. The van der Waals surface area contributed by atoms with E-state index >= 15 is 0 Å². The normalized spacial score (nSPS) is 15.1. The first-order valence-electron chi connectivity index (χ1n) is 8.86. The Balaban J connectivity index is 1.51. The Labute approximate surface area is 153 Å². The van der Waals surface area contributed by atoms with Gasteiger partial charge in [-0.25, -0.2) is 4.39 Å². The zero-order valence-electron chi connectivity index (χ0n) is 15.0. The highest BCUT2D eigenvalue weighted by Crippen LogP contribution is 2.25. The Kier molecular flexibility index (Phi) is 5.73. The molecular formula is C20H25FN4O. The van der Waals surface area contributed by atoms with E-state index in [1.807, 2.05) is 0 Å². The lowest BCUT2D eigenvalue weighted by Gasteiger charge is -2.36. The van der Waals surface area contributed by atoms with Crippen molar-refractivity contribution in [3.05, 3.63) is 59.4 Å². The number of carbonyl (C=O) groups is 1. The van der Waals surface area contributed by atoms with Gasteiger partial charge in [-0.15, -0.1) is 0 Å². The van der Waals surface area contributed by atoms with Gasteiger partial charge in [0.15, 0.2) is 0 Å². The molecule has 2 aromatic rings. The maximum Gasteiger partial charge on any atom is 0.217 e. The molecule has 5 nitrogen and oxygen atoms in total. The average molecular weight is 356 g/mol. The molecule has 1 amide bonds. The SMILES string of the molecule is CC(=O)NCc1ccc(CN2CCN(c3ccc(F)cc3N)CC2)cc1. The summed E-state index contributed by atoms with van der Waals surface area (Å²) in [5.74, 6) is -0.319. The van der Waals surface area contributed by atoms with Crippen LogP contribution in [0.3, 0.4) is 0 Å². The molecule has 0 spiro atoms. The molecule has 0 unspecified atom stereocenters. The van der Waals surface area contributed by atoms with Crippen LogP contribution >= 0.6 is 0 Å². The largest absolute Gasteiger partial charge is 0.397 e. The van der Waals surface area contributed by atoms with Crippen LogP contribution in [0.2, 0.25) is 0 Å². The second kappa shape index (κ2) is 8.19.